The Kier molecular flexibility index (Phi) is 6.13. The van der Waals surface area contributed by atoms with Crippen molar-refractivity contribution < 1.29 is 18.0 Å². The summed E-state index contributed by atoms with van der Waals surface area (Å²) in [5.41, 5.74) is 0.461. The molecule has 0 aliphatic carbocycles. The number of anilines is 1. The molecule has 0 bridgehead atoms. The number of oxazole rings is 1. The van der Waals surface area contributed by atoms with Gasteiger partial charge in [-0.3, -0.25) is 9.69 Å². The number of nitriles is 1. The van der Waals surface area contributed by atoms with Crippen LogP contribution in [0, 0.1) is 29.9 Å². The van der Waals surface area contributed by atoms with Crippen LogP contribution in [0.25, 0.3) is 0 Å². The van der Waals surface area contributed by atoms with Gasteiger partial charge in [0.25, 0.3) is 0 Å². The van der Waals surface area contributed by atoms with Gasteiger partial charge >= 0.3 is 0 Å². The highest BCUT2D eigenvalue weighted by atomic mass is 19.1. The maximum absolute atomic E-state index is 14.0. The number of rotatable bonds is 5. The Morgan fingerprint density at radius 2 is 2.03 bits per heavy atom. The standard InChI is InChI=1S/C20H23F2N5O2/c1-13(16-10-15(21)4-5-17(16)22)25(3)12-19(28)26-6-8-27(9-7-26)20-18(11-23)24-14(2)29-20/h4-5,10,13H,6-9,12H2,1-3H3. The van der Waals surface area contributed by atoms with Crippen LogP contribution in [0.1, 0.15) is 30.1 Å². The van der Waals surface area contributed by atoms with Crippen LogP contribution in [0.15, 0.2) is 22.6 Å². The van der Waals surface area contributed by atoms with Gasteiger partial charge in [0, 0.05) is 44.7 Å². The molecule has 1 atom stereocenters. The number of piperazine rings is 1. The van der Waals surface area contributed by atoms with Crippen molar-refractivity contribution in [1.29, 1.82) is 5.26 Å². The highest BCUT2D eigenvalue weighted by Crippen LogP contribution is 2.24. The fraction of sp³-hybridized carbons (Fsp3) is 0.450. The Labute approximate surface area is 168 Å². The molecule has 29 heavy (non-hydrogen) atoms. The molecule has 1 saturated heterocycles. The minimum atomic E-state index is -0.511. The number of amides is 1. The molecule has 0 radical (unpaired) electrons. The zero-order valence-electron chi connectivity index (χ0n) is 16.7. The van der Waals surface area contributed by atoms with E-state index in [0.717, 1.165) is 18.2 Å². The van der Waals surface area contributed by atoms with Gasteiger partial charge in [-0.1, -0.05) is 0 Å². The Morgan fingerprint density at radius 3 is 2.69 bits per heavy atom. The third-order valence-corrected chi connectivity index (χ3v) is 5.20. The molecule has 1 fully saturated rings. The SMILES string of the molecule is Cc1nc(C#N)c(N2CCN(C(=O)CN(C)C(C)c3cc(F)ccc3F)CC2)o1. The number of hydrogen-bond donors (Lipinski definition) is 0. The fourth-order valence-electron chi connectivity index (χ4n) is 3.38. The number of nitrogens with zero attached hydrogens (tertiary/aromatic N) is 5. The van der Waals surface area contributed by atoms with Gasteiger partial charge in [0.15, 0.2) is 5.89 Å². The van der Waals surface area contributed by atoms with E-state index >= 15 is 0 Å². The molecule has 7 nitrogen and oxygen atoms in total. The molecule has 1 aliphatic heterocycles. The van der Waals surface area contributed by atoms with Crippen LogP contribution in [0.3, 0.4) is 0 Å². The van der Waals surface area contributed by atoms with E-state index in [0.29, 0.717) is 38.0 Å². The predicted octanol–water partition coefficient (Wildman–Crippen LogP) is 2.47. The molecule has 2 aromatic rings. The molecule has 1 aromatic heterocycles. The second-order valence-electron chi connectivity index (χ2n) is 7.12. The first-order valence-corrected chi connectivity index (χ1v) is 9.35. The molecule has 0 N–H and O–H groups in total. The van der Waals surface area contributed by atoms with E-state index in [1.165, 1.54) is 0 Å². The van der Waals surface area contributed by atoms with Gasteiger partial charge in [0.2, 0.25) is 17.5 Å². The highest BCUT2D eigenvalue weighted by Gasteiger charge is 2.27. The second kappa shape index (κ2) is 8.57. The summed E-state index contributed by atoms with van der Waals surface area (Å²) in [5, 5.41) is 9.16. The summed E-state index contributed by atoms with van der Waals surface area (Å²) < 4.78 is 33.0. The maximum Gasteiger partial charge on any atom is 0.236 e. The molecule has 0 spiro atoms. The summed E-state index contributed by atoms with van der Waals surface area (Å²) in [5.74, 6) is -0.240. The average molecular weight is 403 g/mol. The smallest absolute Gasteiger partial charge is 0.236 e. The number of carbonyl (C=O) groups excluding carboxylic acids is 1. The van der Waals surface area contributed by atoms with Crippen LogP contribution >= 0.6 is 0 Å². The Hall–Kier alpha value is -2.99. The molecule has 154 valence electrons. The van der Waals surface area contributed by atoms with Crippen LogP contribution < -0.4 is 4.90 Å². The molecule has 1 aromatic carbocycles. The van der Waals surface area contributed by atoms with Crippen molar-refractivity contribution in [3.05, 3.63) is 47.0 Å². The van der Waals surface area contributed by atoms with Crippen molar-refractivity contribution in [2.45, 2.75) is 19.9 Å². The van der Waals surface area contributed by atoms with Crippen molar-refractivity contribution in [2.24, 2.45) is 0 Å². The third-order valence-electron chi connectivity index (χ3n) is 5.20. The first-order valence-electron chi connectivity index (χ1n) is 9.35. The van der Waals surface area contributed by atoms with Gasteiger partial charge in [0.1, 0.15) is 17.7 Å². The van der Waals surface area contributed by atoms with Crippen LogP contribution in [-0.4, -0.2) is 60.5 Å². The summed E-state index contributed by atoms with van der Waals surface area (Å²) in [4.78, 5) is 22.0. The summed E-state index contributed by atoms with van der Waals surface area (Å²) in [7, 11) is 1.71. The van der Waals surface area contributed by atoms with Crippen molar-refractivity contribution in [2.75, 3.05) is 44.7 Å². The highest BCUT2D eigenvalue weighted by molar-refractivity contribution is 5.78. The quantitative estimate of drug-likeness (QED) is 0.763. The number of halogens is 2. The van der Waals surface area contributed by atoms with E-state index in [9.17, 15) is 13.6 Å². The molecular weight excluding hydrogens is 380 g/mol. The molecule has 1 aliphatic rings. The largest absolute Gasteiger partial charge is 0.424 e. The Bertz CT molecular complexity index is 931. The lowest BCUT2D eigenvalue weighted by Crippen LogP contribution is -2.51. The monoisotopic (exact) mass is 403 g/mol. The first-order chi connectivity index (χ1) is 13.8. The van der Waals surface area contributed by atoms with Gasteiger partial charge < -0.3 is 14.2 Å². The summed E-state index contributed by atoms with van der Waals surface area (Å²) >= 11 is 0. The minimum absolute atomic E-state index is 0.0853. The first kappa shape index (κ1) is 20.7. The number of aryl methyl sites for hydroxylation is 1. The van der Waals surface area contributed by atoms with E-state index in [2.05, 4.69) is 4.98 Å². The second-order valence-corrected chi connectivity index (χ2v) is 7.12. The fourth-order valence-corrected chi connectivity index (χ4v) is 3.38. The van der Waals surface area contributed by atoms with Gasteiger partial charge in [-0.15, -0.1) is 0 Å². The van der Waals surface area contributed by atoms with Gasteiger partial charge in [-0.2, -0.15) is 5.26 Å². The molecule has 0 saturated carbocycles. The van der Waals surface area contributed by atoms with Crippen molar-refractivity contribution in [3.8, 4) is 6.07 Å². The number of aromatic nitrogens is 1. The zero-order chi connectivity index (χ0) is 21.1. The van der Waals surface area contributed by atoms with Crippen LogP contribution in [0.2, 0.25) is 0 Å². The van der Waals surface area contributed by atoms with Gasteiger partial charge in [-0.05, 0) is 32.2 Å². The number of carbonyl (C=O) groups is 1. The zero-order valence-corrected chi connectivity index (χ0v) is 16.7. The van der Waals surface area contributed by atoms with E-state index in [4.69, 9.17) is 9.68 Å². The lowest BCUT2D eigenvalue weighted by Gasteiger charge is -2.36. The van der Waals surface area contributed by atoms with E-state index in [-0.39, 0.29) is 23.7 Å². The average Bonchev–Trinajstić information content (AvgIpc) is 3.10. The van der Waals surface area contributed by atoms with Crippen molar-refractivity contribution in [1.82, 2.24) is 14.8 Å². The van der Waals surface area contributed by atoms with Crippen LogP contribution in [0.4, 0.5) is 14.7 Å². The van der Waals surface area contributed by atoms with Crippen molar-refractivity contribution >= 4 is 11.8 Å². The van der Waals surface area contributed by atoms with Gasteiger partial charge in [-0.25, -0.2) is 13.8 Å². The van der Waals surface area contributed by atoms with E-state index in [1.54, 1.807) is 30.7 Å². The number of likely N-dealkylation sites (N-methyl/N-ethyl adjacent to an activating group) is 1. The van der Waals surface area contributed by atoms with Gasteiger partial charge in [0.05, 0.1) is 6.54 Å². The molecule has 2 heterocycles. The molecule has 1 amide bonds. The van der Waals surface area contributed by atoms with Crippen LogP contribution in [0.5, 0.6) is 0 Å². The summed E-state index contributed by atoms with van der Waals surface area (Å²) in [6.45, 7) is 5.49. The molecule has 9 heteroatoms. The minimum Gasteiger partial charge on any atom is -0.424 e. The Morgan fingerprint density at radius 1 is 1.34 bits per heavy atom. The lowest BCUT2D eigenvalue weighted by molar-refractivity contribution is -0.132. The van der Waals surface area contributed by atoms with Crippen LogP contribution in [-0.2, 0) is 4.79 Å². The molecular formula is C20H23F2N5O2. The topological polar surface area (TPSA) is 76.6 Å². The molecule has 1 unspecified atom stereocenters. The maximum atomic E-state index is 14.0. The summed E-state index contributed by atoms with van der Waals surface area (Å²) in [6.07, 6.45) is 0. The third kappa shape index (κ3) is 4.54. The Balaban J connectivity index is 1.58. The predicted molar refractivity (Wildman–Crippen MR) is 102 cm³/mol. The van der Waals surface area contributed by atoms with Crippen molar-refractivity contribution in [3.63, 3.8) is 0 Å². The van der Waals surface area contributed by atoms with E-state index in [1.807, 2.05) is 11.0 Å². The lowest BCUT2D eigenvalue weighted by atomic mass is 10.1. The van der Waals surface area contributed by atoms with E-state index < -0.39 is 17.7 Å². The number of benzene rings is 1. The normalized spacial score (nSPS) is 15.5. The number of hydrogen-bond acceptors (Lipinski definition) is 6. The molecule has 3 rings (SSSR count). The summed E-state index contributed by atoms with van der Waals surface area (Å²) in [6, 6.07) is 4.89.